The van der Waals surface area contributed by atoms with Crippen molar-refractivity contribution in [3.8, 4) is 11.5 Å². The van der Waals surface area contributed by atoms with E-state index in [0.717, 1.165) is 43.9 Å². The van der Waals surface area contributed by atoms with Gasteiger partial charge in [0.15, 0.2) is 0 Å². The molecule has 20 heavy (non-hydrogen) atoms. The highest BCUT2D eigenvalue weighted by Gasteiger charge is 2.32. The van der Waals surface area contributed by atoms with E-state index >= 15 is 0 Å². The molecular formula is C17H25NO2. The molecule has 0 amide bonds. The summed E-state index contributed by atoms with van der Waals surface area (Å²) in [6.45, 7) is 8.22. The topological polar surface area (TPSA) is 30.5 Å². The summed E-state index contributed by atoms with van der Waals surface area (Å²) in [6, 6.07) is 2.64. The Kier molecular flexibility index (Phi) is 3.88. The van der Waals surface area contributed by atoms with Crippen LogP contribution in [-0.2, 0) is 12.8 Å². The molecule has 0 aliphatic carbocycles. The molecule has 0 bridgehead atoms. The summed E-state index contributed by atoms with van der Waals surface area (Å²) in [5, 5.41) is 3.65. The molecule has 0 aromatic heterocycles. The second-order valence-electron chi connectivity index (χ2n) is 5.87. The molecule has 0 radical (unpaired) electrons. The van der Waals surface area contributed by atoms with Crippen molar-refractivity contribution in [1.29, 1.82) is 0 Å². The summed E-state index contributed by atoms with van der Waals surface area (Å²) in [5.41, 5.74) is 4.07. The van der Waals surface area contributed by atoms with Crippen LogP contribution in [0.3, 0.4) is 0 Å². The van der Waals surface area contributed by atoms with E-state index in [0.29, 0.717) is 6.04 Å². The average Bonchev–Trinajstić information content (AvgIpc) is 2.80. The number of rotatable bonds is 4. The summed E-state index contributed by atoms with van der Waals surface area (Å²) < 4.78 is 12.0. The zero-order chi connectivity index (χ0) is 14.1. The lowest BCUT2D eigenvalue weighted by molar-refractivity contribution is 0.248. The second-order valence-corrected chi connectivity index (χ2v) is 5.87. The first kappa shape index (κ1) is 13.7. The van der Waals surface area contributed by atoms with E-state index in [1.807, 2.05) is 0 Å². The van der Waals surface area contributed by atoms with Gasteiger partial charge in [0, 0.05) is 29.2 Å². The number of fused-ring (bicyclic) bond motifs is 3. The van der Waals surface area contributed by atoms with Crippen LogP contribution in [0.1, 0.15) is 56.3 Å². The van der Waals surface area contributed by atoms with Crippen molar-refractivity contribution < 1.29 is 9.47 Å². The van der Waals surface area contributed by atoms with Crippen LogP contribution < -0.4 is 14.8 Å². The Labute approximate surface area is 121 Å². The molecule has 2 aliphatic heterocycles. The third-order valence-corrected chi connectivity index (χ3v) is 4.28. The zero-order valence-electron chi connectivity index (χ0n) is 12.8. The maximum atomic E-state index is 6.12. The smallest absolute Gasteiger partial charge is 0.128 e. The normalized spacial score (nSPS) is 23.9. The van der Waals surface area contributed by atoms with Gasteiger partial charge in [0.2, 0.25) is 0 Å². The molecule has 1 aromatic carbocycles. The lowest BCUT2D eigenvalue weighted by Crippen LogP contribution is -2.30. The summed E-state index contributed by atoms with van der Waals surface area (Å²) in [7, 11) is 0. The fourth-order valence-electron chi connectivity index (χ4n) is 3.52. The van der Waals surface area contributed by atoms with E-state index < -0.39 is 0 Å². The molecular weight excluding hydrogens is 250 g/mol. The van der Waals surface area contributed by atoms with Crippen LogP contribution in [-0.4, -0.2) is 19.3 Å². The quantitative estimate of drug-likeness (QED) is 0.913. The van der Waals surface area contributed by atoms with Gasteiger partial charge in [0.1, 0.15) is 17.6 Å². The highest BCUT2D eigenvalue weighted by molar-refractivity contribution is 5.58. The first-order valence-electron chi connectivity index (χ1n) is 7.96. The molecule has 2 aliphatic rings. The van der Waals surface area contributed by atoms with E-state index in [9.17, 15) is 0 Å². The minimum Gasteiger partial charge on any atom is -0.494 e. The van der Waals surface area contributed by atoms with Gasteiger partial charge in [-0.2, -0.15) is 0 Å². The lowest BCUT2D eigenvalue weighted by Gasteiger charge is -2.30. The Morgan fingerprint density at radius 2 is 2.25 bits per heavy atom. The van der Waals surface area contributed by atoms with Crippen LogP contribution in [0.4, 0.5) is 0 Å². The lowest BCUT2D eigenvalue weighted by atomic mass is 9.88. The largest absolute Gasteiger partial charge is 0.494 e. The second kappa shape index (κ2) is 5.65. The number of benzene rings is 1. The predicted molar refractivity (Wildman–Crippen MR) is 80.8 cm³/mol. The molecule has 0 saturated carbocycles. The highest BCUT2D eigenvalue weighted by Crippen LogP contribution is 2.45. The monoisotopic (exact) mass is 275 g/mol. The standard InChI is InChI=1S/C17H25NO2/c1-4-6-14-16-13(7-8-18-14)15(19-5-2)10-12-9-11(3)20-17(12)16/h10-11,14,18H,4-9H2,1-3H3. The number of hydrogen-bond donors (Lipinski definition) is 1. The van der Waals surface area contributed by atoms with Gasteiger partial charge in [-0.3, -0.25) is 0 Å². The molecule has 0 fully saturated rings. The number of hydrogen-bond acceptors (Lipinski definition) is 3. The summed E-state index contributed by atoms with van der Waals surface area (Å²) >= 11 is 0. The molecule has 3 rings (SSSR count). The van der Waals surface area contributed by atoms with E-state index in [-0.39, 0.29) is 6.10 Å². The maximum absolute atomic E-state index is 6.12. The van der Waals surface area contributed by atoms with Crippen molar-refractivity contribution >= 4 is 0 Å². The van der Waals surface area contributed by atoms with Gasteiger partial charge in [-0.15, -0.1) is 0 Å². The summed E-state index contributed by atoms with van der Waals surface area (Å²) in [6.07, 6.45) is 4.67. The third kappa shape index (κ3) is 2.28. The van der Waals surface area contributed by atoms with Gasteiger partial charge < -0.3 is 14.8 Å². The van der Waals surface area contributed by atoms with Gasteiger partial charge in [0.25, 0.3) is 0 Å². The van der Waals surface area contributed by atoms with Gasteiger partial charge in [-0.25, -0.2) is 0 Å². The van der Waals surface area contributed by atoms with Gasteiger partial charge >= 0.3 is 0 Å². The molecule has 110 valence electrons. The van der Waals surface area contributed by atoms with Crippen molar-refractivity contribution in [2.45, 2.75) is 58.6 Å². The van der Waals surface area contributed by atoms with E-state index in [4.69, 9.17) is 9.47 Å². The van der Waals surface area contributed by atoms with Crippen molar-refractivity contribution in [3.63, 3.8) is 0 Å². The van der Waals surface area contributed by atoms with Crippen molar-refractivity contribution in [1.82, 2.24) is 5.32 Å². The minimum absolute atomic E-state index is 0.287. The molecule has 1 N–H and O–H groups in total. The first-order valence-corrected chi connectivity index (χ1v) is 7.96. The molecule has 0 saturated heterocycles. The highest BCUT2D eigenvalue weighted by atomic mass is 16.5. The summed E-state index contributed by atoms with van der Waals surface area (Å²) in [4.78, 5) is 0. The zero-order valence-corrected chi connectivity index (χ0v) is 12.8. The Morgan fingerprint density at radius 3 is 3.00 bits per heavy atom. The Bertz CT molecular complexity index is 498. The molecule has 3 nitrogen and oxygen atoms in total. The molecule has 2 atom stereocenters. The number of ether oxygens (including phenoxy) is 2. The van der Waals surface area contributed by atoms with Crippen molar-refractivity contribution in [2.75, 3.05) is 13.2 Å². The van der Waals surface area contributed by atoms with Crippen LogP contribution in [0.5, 0.6) is 11.5 Å². The van der Waals surface area contributed by atoms with Crippen molar-refractivity contribution in [3.05, 3.63) is 22.8 Å². The van der Waals surface area contributed by atoms with Crippen LogP contribution in [0.2, 0.25) is 0 Å². The SMILES string of the molecule is CCCC1NCCc2c(OCC)cc3c(c21)OC(C)C3. The molecule has 0 spiro atoms. The molecule has 2 unspecified atom stereocenters. The minimum atomic E-state index is 0.287. The fourth-order valence-corrected chi connectivity index (χ4v) is 3.52. The van der Waals surface area contributed by atoms with Crippen LogP contribution in [0.25, 0.3) is 0 Å². The van der Waals surface area contributed by atoms with E-state index in [2.05, 4.69) is 32.2 Å². The Morgan fingerprint density at radius 1 is 1.40 bits per heavy atom. The molecule has 2 heterocycles. The molecule has 1 aromatic rings. The Hall–Kier alpha value is -1.22. The van der Waals surface area contributed by atoms with Gasteiger partial charge in [-0.05, 0) is 39.3 Å². The van der Waals surface area contributed by atoms with Gasteiger partial charge in [0.05, 0.1) is 6.61 Å². The predicted octanol–water partition coefficient (Wildman–Crippen LogP) is 3.40. The van der Waals surface area contributed by atoms with Crippen LogP contribution in [0, 0.1) is 0 Å². The van der Waals surface area contributed by atoms with Crippen LogP contribution >= 0.6 is 0 Å². The Balaban J connectivity index is 2.10. The third-order valence-electron chi connectivity index (χ3n) is 4.28. The summed E-state index contributed by atoms with van der Waals surface area (Å²) in [5.74, 6) is 2.23. The molecule has 3 heteroatoms. The first-order chi connectivity index (χ1) is 9.74. The van der Waals surface area contributed by atoms with Crippen LogP contribution in [0.15, 0.2) is 6.07 Å². The average molecular weight is 275 g/mol. The van der Waals surface area contributed by atoms with Crippen molar-refractivity contribution in [2.24, 2.45) is 0 Å². The fraction of sp³-hybridized carbons (Fsp3) is 0.647. The van der Waals surface area contributed by atoms with Gasteiger partial charge in [-0.1, -0.05) is 13.3 Å². The number of nitrogens with one attached hydrogen (secondary N) is 1. The van der Waals surface area contributed by atoms with E-state index in [1.54, 1.807) is 0 Å². The maximum Gasteiger partial charge on any atom is 0.128 e. The van der Waals surface area contributed by atoms with E-state index in [1.165, 1.54) is 23.1 Å².